The summed E-state index contributed by atoms with van der Waals surface area (Å²) in [5.41, 5.74) is 2.24. The fraction of sp³-hybridized carbons (Fsp3) is 0.471. The van der Waals surface area contributed by atoms with Gasteiger partial charge in [0, 0.05) is 31.1 Å². The van der Waals surface area contributed by atoms with Gasteiger partial charge in [0.05, 0.1) is 13.2 Å². The van der Waals surface area contributed by atoms with Crippen molar-refractivity contribution in [3.8, 4) is 23.8 Å². The summed E-state index contributed by atoms with van der Waals surface area (Å²) >= 11 is 0. The highest BCUT2D eigenvalue weighted by Crippen LogP contribution is 2.35. The van der Waals surface area contributed by atoms with E-state index in [-0.39, 0.29) is 6.10 Å². The second-order valence-corrected chi connectivity index (χ2v) is 5.12. The van der Waals surface area contributed by atoms with E-state index in [4.69, 9.17) is 15.9 Å². The highest BCUT2D eigenvalue weighted by molar-refractivity contribution is 5.79. The molecule has 5 nitrogen and oxygen atoms in total. The average Bonchev–Trinajstić information content (AvgIpc) is 2.86. The van der Waals surface area contributed by atoms with Crippen LogP contribution in [-0.2, 0) is 13.0 Å². The lowest BCUT2D eigenvalue weighted by atomic mass is 10.1. The van der Waals surface area contributed by atoms with Gasteiger partial charge >= 0.3 is 0 Å². The minimum absolute atomic E-state index is 0.220. The number of ether oxygens (including phenoxy) is 2. The van der Waals surface area contributed by atoms with Crippen molar-refractivity contribution in [2.45, 2.75) is 32.9 Å². The summed E-state index contributed by atoms with van der Waals surface area (Å²) in [6, 6.07) is 4.13. The number of hydrogen-bond donors (Lipinski definition) is 2. The topological polar surface area (TPSA) is 54.9 Å². The molecule has 1 aromatic rings. The maximum Gasteiger partial charge on any atom is 0.192 e. The van der Waals surface area contributed by atoms with E-state index in [1.54, 1.807) is 7.05 Å². The monoisotopic (exact) mass is 301 g/mol. The van der Waals surface area contributed by atoms with Crippen LogP contribution in [0.15, 0.2) is 17.1 Å². The first-order valence-corrected chi connectivity index (χ1v) is 7.51. The first-order chi connectivity index (χ1) is 10.7. The zero-order valence-electron chi connectivity index (χ0n) is 13.4. The van der Waals surface area contributed by atoms with E-state index in [1.807, 2.05) is 13.0 Å². The van der Waals surface area contributed by atoms with E-state index in [0.29, 0.717) is 25.7 Å². The minimum Gasteiger partial charge on any atom is -0.494 e. The Morgan fingerprint density at radius 3 is 3.00 bits per heavy atom. The van der Waals surface area contributed by atoms with E-state index < -0.39 is 0 Å². The van der Waals surface area contributed by atoms with Gasteiger partial charge in [0.2, 0.25) is 0 Å². The van der Waals surface area contributed by atoms with Gasteiger partial charge in [-0.2, -0.15) is 0 Å². The SMILES string of the molecule is C#CCNC(=NC)NCc1cc2c(cc1OCC)CC(C)O2. The Morgan fingerprint density at radius 1 is 1.50 bits per heavy atom. The van der Waals surface area contributed by atoms with Crippen LogP contribution >= 0.6 is 0 Å². The van der Waals surface area contributed by atoms with Crippen molar-refractivity contribution in [3.05, 3.63) is 23.3 Å². The Hall–Kier alpha value is -2.35. The summed E-state index contributed by atoms with van der Waals surface area (Å²) in [7, 11) is 1.71. The zero-order valence-corrected chi connectivity index (χ0v) is 13.4. The first kappa shape index (κ1) is 16.0. The average molecular weight is 301 g/mol. The van der Waals surface area contributed by atoms with Crippen LogP contribution in [0.4, 0.5) is 0 Å². The standard InChI is InChI=1S/C17H23N3O2/c1-5-7-19-17(18-4)20-11-14-10-16-13(8-12(3)22-16)9-15(14)21-6-2/h1,9-10,12H,6-8,11H2,2-4H3,(H2,18,19,20). The molecule has 0 bridgehead atoms. The molecule has 1 atom stereocenters. The van der Waals surface area contributed by atoms with Gasteiger partial charge in [0.15, 0.2) is 5.96 Å². The Bertz CT molecular complexity index is 590. The van der Waals surface area contributed by atoms with Crippen LogP contribution in [0.5, 0.6) is 11.5 Å². The van der Waals surface area contributed by atoms with Gasteiger partial charge in [-0.05, 0) is 26.0 Å². The van der Waals surface area contributed by atoms with E-state index in [9.17, 15) is 0 Å². The molecule has 0 aliphatic carbocycles. The van der Waals surface area contributed by atoms with Crippen LogP contribution in [-0.4, -0.2) is 32.3 Å². The number of nitrogens with one attached hydrogen (secondary N) is 2. The Kier molecular flexibility index (Phi) is 5.54. The molecule has 118 valence electrons. The van der Waals surface area contributed by atoms with Gasteiger partial charge in [-0.15, -0.1) is 6.42 Å². The van der Waals surface area contributed by atoms with Crippen molar-refractivity contribution in [1.82, 2.24) is 10.6 Å². The number of terminal acetylenes is 1. The number of guanidine groups is 1. The van der Waals surface area contributed by atoms with Crippen molar-refractivity contribution in [2.75, 3.05) is 20.2 Å². The van der Waals surface area contributed by atoms with Crippen LogP contribution in [0.1, 0.15) is 25.0 Å². The smallest absolute Gasteiger partial charge is 0.192 e. The molecule has 22 heavy (non-hydrogen) atoms. The highest BCUT2D eigenvalue weighted by atomic mass is 16.5. The lowest BCUT2D eigenvalue weighted by Crippen LogP contribution is -2.37. The quantitative estimate of drug-likeness (QED) is 0.494. The van der Waals surface area contributed by atoms with E-state index in [2.05, 4.69) is 34.5 Å². The van der Waals surface area contributed by atoms with Crippen molar-refractivity contribution in [2.24, 2.45) is 4.99 Å². The molecule has 0 saturated carbocycles. The Balaban J connectivity index is 2.12. The van der Waals surface area contributed by atoms with E-state index in [0.717, 1.165) is 23.5 Å². The third-order valence-electron chi connectivity index (χ3n) is 3.41. The summed E-state index contributed by atoms with van der Waals surface area (Å²) in [6.45, 7) is 5.71. The normalized spacial score (nSPS) is 16.5. The van der Waals surface area contributed by atoms with E-state index in [1.165, 1.54) is 5.56 Å². The third kappa shape index (κ3) is 3.85. The molecular weight excluding hydrogens is 278 g/mol. The van der Waals surface area contributed by atoms with Crippen molar-refractivity contribution < 1.29 is 9.47 Å². The van der Waals surface area contributed by atoms with Crippen LogP contribution < -0.4 is 20.1 Å². The van der Waals surface area contributed by atoms with Gasteiger partial charge in [0.1, 0.15) is 17.6 Å². The third-order valence-corrected chi connectivity index (χ3v) is 3.41. The highest BCUT2D eigenvalue weighted by Gasteiger charge is 2.21. The molecule has 0 fully saturated rings. The molecule has 0 aromatic heterocycles. The number of fused-ring (bicyclic) bond motifs is 1. The van der Waals surface area contributed by atoms with Crippen LogP contribution in [0.25, 0.3) is 0 Å². The largest absolute Gasteiger partial charge is 0.494 e. The van der Waals surface area contributed by atoms with Crippen LogP contribution in [0, 0.1) is 12.3 Å². The molecule has 0 saturated heterocycles. The van der Waals surface area contributed by atoms with Gasteiger partial charge in [-0.3, -0.25) is 4.99 Å². The Labute approximate surface area is 132 Å². The summed E-state index contributed by atoms with van der Waals surface area (Å²) in [5.74, 6) is 5.02. The second kappa shape index (κ2) is 7.60. The maximum atomic E-state index is 5.82. The van der Waals surface area contributed by atoms with Crippen molar-refractivity contribution in [1.29, 1.82) is 0 Å². The summed E-state index contributed by atoms with van der Waals surface area (Å²) in [5, 5.41) is 6.26. The van der Waals surface area contributed by atoms with Gasteiger partial charge in [-0.1, -0.05) is 5.92 Å². The predicted octanol–water partition coefficient (Wildman–Crippen LogP) is 1.71. The molecular formula is C17H23N3O2. The number of rotatable bonds is 5. The molecule has 1 aromatic carbocycles. The number of benzene rings is 1. The number of nitrogens with zero attached hydrogens (tertiary/aromatic N) is 1. The zero-order chi connectivity index (χ0) is 15.9. The predicted molar refractivity (Wildman–Crippen MR) is 88.4 cm³/mol. The lowest BCUT2D eigenvalue weighted by Gasteiger charge is -2.15. The Morgan fingerprint density at radius 2 is 2.32 bits per heavy atom. The van der Waals surface area contributed by atoms with Crippen molar-refractivity contribution in [3.63, 3.8) is 0 Å². The minimum atomic E-state index is 0.220. The van der Waals surface area contributed by atoms with Gasteiger partial charge in [0.25, 0.3) is 0 Å². The lowest BCUT2D eigenvalue weighted by molar-refractivity contribution is 0.254. The summed E-state index contributed by atoms with van der Waals surface area (Å²) < 4.78 is 11.6. The molecule has 1 aliphatic heterocycles. The van der Waals surface area contributed by atoms with E-state index >= 15 is 0 Å². The second-order valence-electron chi connectivity index (χ2n) is 5.12. The molecule has 2 rings (SSSR count). The summed E-state index contributed by atoms with van der Waals surface area (Å²) in [6.07, 6.45) is 6.39. The molecule has 0 radical (unpaired) electrons. The van der Waals surface area contributed by atoms with Gasteiger partial charge < -0.3 is 20.1 Å². The maximum absolute atomic E-state index is 5.82. The molecule has 1 heterocycles. The molecule has 2 N–H and O–H groups in total. The number of hydrogen-bond acceptors (Lipinski definition) is 3. The molecule has 0 spiro atoms. The molecule has 5 heteroatoms. The van der Waals surface area contributed by atoms with Crippen LogP contribution in [0.2, 0.25) is 0 Å². The van der Waals surface area contributed by atoms with Crippen molar-refractivity contribution >= 4 is 5.96 Å². The summed E-state index contributed by atoms with van der Waals surface area (Å²) in [4.78, 5) is 4.13. The molecule has 1 aliphatic rings. The fourth-order valence-corrected chi connectivity index (χ4v) is 2.44. The molecule has 1 unspecified atom stereocenters. The molecule has 0 amide bonds. The first-order valence-electron chi connectivity index (χ1n) is 7.51. The number of aliphatic imine (C=N–C) groups is 1. The van der Waals surface area contributed by atoms with Gasteiger partial charge in [-0.25, -0.2) is 0 Å². The van der Waals surface area contributed by atoms with Crippen LogP contribution in [0.3, 0.4) is 0 Å². The fourth-order valence-electron chi connectivity index (χ4n) is 2.44.